The summed E-state index contributed by atoms with van der Waals surface area (Å²) in [6.07, 6.45) is 8.81. The maximum atomic E-state index is 12.6. The number of carbonyl (C=O) groups excluding carboxylic acids is 2. The van der Waals surface area contributed by atoms with Crippen molar-refractivity contribution in [1.82, 2.24) is 0 Å². The number of aromatic hydroxyl groups is 1. The molecule has 0 saturated carbocycles. The number of carbonyl (C=O) groups is 2. The van der Waals surface area contributed by atoms with Crippen LogP contribution in [0.2, 0.25) is 0 Å². The van der Waals surface area contributed by atoms with Gasteiger partial charge in [0.15, 0.2) is 5.78 Å². The highest BCUT2D eigenvalue weighted by Gasteiger charge is 2.19. The van der Waals surface area contributed by atoms with Gasteiger partial charge in [-0.2, -0.15) is 0 Å². The maximum absolute atomic E-state index is 12.6. The van der Waals surface area contributed by atoms with Gasteiger partial charge in [-0.3, -0.25) is 4.79 Å². The van der Waals surface area contributed by atoms with Gasteiger partial charge in [-0.15, -0.1) is 0 Å². The highest BCUT2D eigenvalue weighted by atomic mass is 16.5. The lowest BCUT2D eigenvalue weighted by atomic mass is 10.0. The number of hydrogen-bond acceptors (Lipinski definition) is 5. The van der Waals surface area contributed by atoms with E-state index in [2.05, 4.69) is 0 Å². The first-order valence-electron chi connectivity index (χ1n) is 10.1. The minimum absolute atomic E-state index is 0.0632. The first kappa shape index (κ1) is 21.4. The van der Waals surface area contributed by atoms with Crippen LogP contribution in [0.15, 0.2) is 60.7 Å². The molecule has 0 aliphatic carbocycles. The van der Waals surface area contributed by atoms with Crippen molar-refractivity contribution >= 4 is 17.8 Å². The number of cyclic esters (lactones) is 1. The molecule has 2 aromatic rings. The molecule has 0 saturated heterocycles. The third kappa shape index (κ3) is 6.08. The van der Waals surface area contributed by atoms with Gasteiger partial charge in [0.05, 0.1) is 6.61 Å². The summed E-state index contributed by atoms with van der Waals surface area (Å²) in [5.74, 6) is -0.370. The third-order valence-electron chi connectivity index (χ3n) is 4.75. The van der Waals surface area contributed by atoms with Crippen molar-refractivity contribution in [1.29, 1.82) is 0 Å². The van der Waals surface area contributed by atoms with Crippen molar-refractivity contribution in [3.8, 4) is 11.5 Å². The normalized spacial score (nSPS) is 19.8. The Bertz CT molecular complexity index is 944. The summed E-state index contributed by atoms with van der Waals surface area (Å²) in [5.41, 5.74) is 1.64. The smallest absolute Gasteiger partial charge is 0.342 e. The molecule has 0 radical (unpaired) electrons. The van der Waals surface area contributed by atoms with Gasteiger partial charge in [-0.1, -0.05) is 55.5 Å². The van der Waals surface area contributed by atoms with E-state index in [0.29, 0.717) is 37.2 Å². The van der Waals surface area contributed by atoms with E-state index in [-0.39, 0.29) is 29.6 Å². The van der Waals surface area contributed by atoms with Crippen LogP contribution in [0, 0.1) is 5.92 Å². The number of benzene rings is 2. The van der Waals surface area contributed by atoms with E-state index in [1.165, 1.54) is 6.07 Å². The Morgan fingerprint density at radius 2 is 1.93 bits per heavy atom. The first-order chi connectivity index (χ1) is 14.5. The van der Waals surface area contributed by atoms with Crippen LogP contribution in [0.25, 0.3) is 6.08 Å². The molecule has 1 aliphatic rings. The molecule has 0 fully saturated rings. The predicted molar refractivity (Wildman–Crippen MR) is 115 cm³/mol. The summed E-state index contributed by atoms with van der Waals surface area (Å²) >= 11 is 0. The van der Waals surface area contributed by atoms with E-state index in [4.69, 9.17) is 9.47 Å². The number of ketones is 1. The lowest BCUT2D eigenvalue weighted by Crippen LogP contribution is -2.13. The van der Waals surface area contributed by atoms with Gasteiger partial charge in [0.2, 0.25) is 0 Å². The summed E-state index contributed by atoms with van der Waals surface area (Å²) in [5, 5.41) is 10.5. The lowest BCUT2D eigenvalue weighted by molar-refractivity contribution is -0.114. The van der Waals surface area contributed by atoms with E-state index in [1.807, 2.05) is 43.3 Å². The minimum Gasteiger partial charge on any atom is -0.507 e. The number of ether oxygens (including phenoxy) is 2. The van der Waals surface area contributed by atoms with Crippen LogP contribution in [0.5, 0.6) is 11.5 Å². The van der Waals surface area contributed by atoms with Crippen molar-refractivity contribution < 1.29 is 24.2 Å². The zero-order valence-corrected chi connectivity index (χ0v) is 17.0. The van der Waals surface area contributed by atoms with Gasteiger partial charge in [-0.05, 0) is 36.1 Å². The Morgan fingerprint density at radius 3 is 2.73 bits per heavy atom. The quantitative estimate of drug-likeness (QED) is 0.719. The zero-order valence-electron chi connectivity index (χ0n) is 17.0. The van der Waals surface area contributed by atoms with Gasteiger partial charge in [-0.25, -0.2) is 4.79 Å². The van der Waals surface area contributed by atoms with Crippen LogP contribution in [-0.4, -0.2) is 23.5 Å². The Kier molecular flexibility index (Phi) is 7.44. The fourth-order valence-corrected chi connectivity index (χ4v) is 3.09. The molecule has 5 heteroatoms. The summed E-state index contributed by atoms with van der Waals surface area (Å²) in [4.78, 5) is 24.5. The molecule has 5 nitrogen and oxygen atoms in total. The highest BCUT2D eigenvalue weighted by Crippen LogP contribution is 2.30. The molecule has 3 rings (SSSR count). The van der Waals surface area contributed by atoms with Crippen LogP contribution >= 0.6 is 0 Å². The standard InChI is InChI=1S/C25H26O5/c1-18-12-13-21(26)11-7-3-6-10-20-14-22(29-17-19-8-4-2-5-9-19)15-23(27)24(20)25(28)30-16-18/h2,4-6,8-10,12-15,18,27H,3,7,11,16-17H2,1H3/b10-6+,13-12-/t18-/m1/s1. The molecule has 0 spiro atoms. The molecular weight excluding hydrogens is 380 g/mol. The maximum Gasteiger partial charge on any atom is 0.342 e. The molecule has 0 aromatic heterocycles. The Hall–Kier alpha value is -3.34. The Balaban J connectivity index is 1.85. The molecule has 156 valence electrons. The molecule has 0 bridgehead atoms. The lowest BCUT2D eigenvalue weighted by Gasteiger charge is -2.14. The minimum atomic E-state index is -0.606. The predicted octanol–water partition coefficient (Wildman–Crippen LogP) is 5.09. The Morgan fingerprint density at radius 1 is 1.13 bits per heavy atom. The Labute approximate surface area is 176 Å². The van der Waals surface area contributed by atoms with Gasteiger partial charge in [0.25, 0.3) is 0 Å². The van der Waals surface area contributed by atoms with Gasteiger partial charge < -0.3 is 14.6 Å². The van der Waals surface area contributed by atoms with Crippen molar-refractivity contribution in [3.63, 3.8) is 0 Å². The summed E-state index contributed by atoms with van der Waals surface area (Å²) in [7, 11) is 0. The third-order valence-corrected chi connectivity index (χ3v) is 4.75. The van der Waals surface area contributed by atoms with E-state index >= 15 is 0 Å². The molecule has 1 atom stereocenters. The van der Waals surface area contributed by atoms with Crippen molar-refractivity contribution in [2.45, 2.75) is 32.8 Å². The van der Waals surface area contributed by atoms with E-state index in [9.17, 15) is 14.7 Å². The van der Waals surface area contributed by atoms with Gasteiger partial charge in [0.1, 0.15) is 23.7 Å². The monoisotopic (exact) mass is 406 g/mol. The number of hydrogen-bond donors (Lipinski definition) is 1. The zero-order chi connectivity index (χ0) is 21.3. The van der Waals surface area contributed by atoms with Crippen LogP contribution in [0.3, 0.4) is 0 Å². The van der Waals surface area contributed by atoms with Crippen molar-refractivity contribution in [2.24, 2.45) is 5.92 Å². The van der Waals surface area contributed by atoms with E-state index in [0.717, 1.165) is 5.56 Å². The number of phenols is 1. The van der Waals surface area contributed by atoms with Gasteiger partial charge >= 0.3 is 5.97 Å². The second-order valence-corrected chi connectivity index (χ2v) is 7.38. The number of phenolic OH excluding ortho intramolecular Hbond substituents is 1. The largest absolute Gasteiger partial charge is 0.507 e. The van der Waals surface area contributed by atoms with Crippen molar-refractivity contribution in [3.05, 3.63) is 77.4 Å². The second kappa shape index (κ2) is 10.4. The summed E-state index contributed by atoms with van der Waals surface area (Å²) < 4.78 is 11.2. The van der Waals surface area contributed by atoms with Crippen molar-refractivity contribution in [2.75, 3.05) is 6.61 Å². The highest BCUT2D eigenvalue weighted by molar-refractivity contribution is 5.97. The molecule has 0 unspecified atom stereocenters. The molecule has 0 amide bonds. The first-order valence-corrected chi connectivity index (χ1v) is 10.1. The topological polar surface area (TPSA) is 72.8 Å². The number of allylic oxidation sites excluding steroid dienone is 2. The average molecular weight is 406 g/mol. The van der Waals surface area contributed by atoms with E-state index < -0.39 is 5.97 Å². The fraction of sp³-hybridized carbons (Fsp3) is 0.280. The van der Waals surface area contributed by atoms with Crippen LogP contribution in [0.1, 0.15) is 47.7 Å². The summed E-state index contributed by atoms with van der Waals surface area (Å²) in [6, 6.07) is 12.8. The fourth-order valence-electron chi connectivity index (χ4n) is 3.09. The van der Waals surface area contributed by atoms with Crippen LogP contribution < -0.4 is 4.74 Å². The summed E-state index contributed by atoms with van der Waals surface area (Å²) in [6.45, 7) is 2.33. The van der Waals surface area contributed by atoms with Crippen LogP contribution in [-0.2, 0) is 16.1 Å². The van der Waals surface area contributed by atoms with E-state index in [1.54, 1.807) is 24.3 Å². The SMILES string of the molecule is C[C@@H]1/C=C\C(=O)CCC/C=C/c2cc(OCc3ccccc3)cc(O)c2C(=O)OC1. The molecular formula is C25H26O5. The molecule has 1 N–H and O–H groups in total. The second-order valence-electron chi connectivity index (χ2n) is 7.38. The average Bonchev–Trinajstić information content (AvgIpc) is 2.74. The van der Waals surface area contributed by atoms with Gasteiger partial charge in [0, 0.05) is 18.4 Å². The molecule has 2 aromatic carbocycles. The number of fused-ring (bicyclic) bond motifs is 1. The molecule has 1 heterocycles. The molecule has 1 aliphatic heterocycles. The molecule has 30 heavy (non-hydrogen) atoms. The number of esters is 1. The number of rotatable bonds is 3. The van der Waals surface area contributed by atoms with Crippen LogP contribution in [0.4, 0.5) is 0 Å².